The second-order valence-corrected chi connectivity index (χ2v) is 2.90. The molecule has 1 aliphatic heterocycles. The van der Waals surface area contributed by atoms with E-state index in [4.69, 9.17) is 0 Å². The van der Waals surface area contributed by atoms with Crippen LogP contribution in [0, 0.1) is 0 Å². The lowest BCUT2D eigenvalue weighted by Crippen LogP contribution is -1.79. The Balaban J connectivity index is 2.36. The number of allylic oxidation sites excluding steroid dienone is 3. The highest BCUT2D eigenvalue weighted by molar-refractivity contribution is 5.89. The van der Waals surface area contributed by atoms with Gasteiger partial charge >= 0.3 is 0 Å². The lowest BCUT2D eigenvalue weighted by molar-refractivity contribution is 1.27. The highest BCUT2D eigenvalue weighted by Crippen LogP contribution is 2.15. The fourth-order valence-corrected chi connectivity index (χ4v) is 1.31. The summed E-state index contributed by atoms with van der Waals surface area (Å²) in [5, 5.41) is 0. The number of benzene rings is 1. The Hall–Kier alpha value is -1.63. The first-order chi connectivity index (χ1) is 6.47. The van der Waals surface area contributed by atoms with Gasteiger partial charge in [-0.2, -0.15) is 0 Å². The Bertz CT molecular complexity index is 358. The van der Waals surface area contributed by atoms with Crippen LogP contribution in [0.25, 0.3) is 5.57 Å². The fraction of sp³-hybridized carbons (Fsp3) is 0.0833. The van der Waals surface area contributed by atoms with Crippen molar-refractivity contribution in [2.45, 2.75) is 0 Å². The molecule has 0 bridgehead atoms. The van der Waals surface area contributed by atoms with Crippen LogP contribution in [0.2, 0.25) is 0 Å². The first-order valence-corrected chi connectivity index (χ1v) is 4.39. The van der Waals surface area contributed by atoms with Crippen molar-refractivity contribution in [2.24, 2.45) is 4.99 Å². The van der Waals surface area contributed by atoms with Gasteiger partial charge in [-0.3, -0.25) is 4.99 Å². The number of hydrogen-bond donors (Lipinski definition) is 0. The van der Waals surface area contributed by atoms with Gasteiger partial charge in [-0.15, -0.1) is 0 Å². The summed E-state index contributed by atoms with van der Waals surface area (Å²) in [5.41, 5.74) is 2.47. The molecule has 1 aromatic carbocycles. The molecule has 1 heterocycles. The predicted octanol–water partition coefficient (Wildman–Crippen LogP) is 2.71. The van der Waals surface area contributed by atoms with Crippen molar-refractivity contribution in [1.82, 2.24) is 0 Å². The van der Waals surface area contributed by atoms with Crippen molar-refractivity contribution in [2.75, 3.05) is 6.54 Å². The van der Waals surface area contributed by atoms with Gasteiger partial charge in [-0.25, -0.2) is 0 Å². The summed E-state index contributed by atoms with van der Waals surface area (Å²) in [6.45, 7) is 0.785. The zero-order chi connectivity index (χ0) is 8.93. The van der Waals surface area contributed by atoms with Gasteiger partial charge in [0.1, 0.15) is 0 Å². The largest absolute Gasteiger partial charge is 0.289 e. The molecule has 1 aromatic rings. The summed E-state index contributed by atoms with van der Waals surface area (Å²) in [6.07, 6.45) is 8.09. The molecular formula is C12H11N. The van der Waals surface area contributed by atoms with E-state index in [9.17, 15) is 0 Å². The van der Waals surface area contributed by atoms with Gasteiger partial charge in [0.05, 0.1) is 6.54 Å². The zero-order valence-corrected chi connectivity index (χ0v) is 7.35. The number of nitrogens with zero attached hydrogens (tertiary/aromatic N) is 1. The molecule has 0 spiro atoms. The minimum Gasteiger partial charge on any atom is -0.289 e. The second kappa shape index (κ2) is 3.85. The van der Waals surface area contributed by atoms with E-state index in [1.54, 1.807) is 0 Å². The van der Waals surface area contributed by atoms with Crippen molar-refractivity contribution in [3.05, 3.63) is 54.1 Å². The molecule has 0 aliphatic carbocycles. The Morgan fingerprint density at radius 3 is 2.77 bits per heavy atom. The molecule has 0 aromatic heterocycles. The Kier molecular flexibility index (Phi) is 2.37. The monoisotopic (exact) mass is 169 g/mol. The van der Waals surface area contributed by atoms with E-state index in [1.807, 2.05) is 30.5 Å². The number of aliphatic imine (C=N–C) groups is 1. The van der Waals surface area contributed by atoms with E-state index in [0.717, 1.165) is 6.54 Å². The fourth-order valence-electron chi connectivity index (χ4n) is 1.31. The van der Waals surface area contributed by atoms with Gasteiger partial charge in [-0.1, -0.05) is 42.5 Å². The summed E-state index contributed by atoms with van der Waals surface area (Å²) in [4.78, 5) is 4.16. The normalized spacial score (nSPS) is 15.2. The first-order valence-electron chi connectivity index (χ1n) is 4.39. The average molecular weight is 169 g/mol. The standard InChI is InChI=1S/C12H11N/c1-2-5-11(6-3-1)12-7-4-9-13-10-8-12/h1-8,10H,9H2. The number of hydrogen-bond acceptors (Lipinski definition) is 1. The third-order valence-electron chi connectivity index (χ3n) is 1.97. The van der Waals surface area contributed by atoms with Gasteiger partial charge in [0, 0.05) is 6.21 Å². The van der Waals surface area contributed by atoms with Crippen molar-refractivity contribution in [3.8, 4) is 0 Å². The molecule has 0 amide bonds. The van der Waals surface area contributed by atoms with Crippen LogP contribution >= 0.6 is 0 Å². The summed E-state index contributed by atoms with van der Waals surface area (Å²) >= 11 is 0. The van der Waals surface area contributed by atoms with Gasteiger partial charge < -0.3 is 0 Å². The van der Waals surface area contributed by atoms with Crippen molar-refractivity contribution < 1.29 is 0 Å². The third-order valence-corrected chi connectivity index (χ3v) is 1.97. The maximum Gasteiger partial charge on any atom is 0.0573 e. The molecule has 13 heavy (non-hydrogen) atoms. The number of rotatable bonds is 1. The summed E-state index contributed by atoms with van der Waals surface area (Å²) in [6, 6.07) is 10.3. The molecule has 0 saturated carbocycles. The molecule has 0 unspecified atom stereocenters. The zero-order valence-electron chi connectivity index (χ0n) is 7.35. The molecule has 0 radical (unpaired) electrons. The van der Waals surface area contributed by atoms with Gasteiger partial charge in [0.15, 0.2) is 0 Å². The van der Waals surface area contributed by atoms with E-state index >= 15 is 0 Å². The van der Waals surface area contributed by atoms with Crippen LogP contribution in [0.1, 0.15) is 5.56 Å². The summed E-state index contributed by atoms with van der Waals surface area (Å²) < 4.78 is 0. The first kappa shape index (κ1) is 7.99. The molecule has 2 rings (SSSR count). The van der Waals surface area contributed by atoms with Crippen LogP contribution < -0.4 is 0 Å². The average Bonchev–Trinajstić information content (AvgIpc) is 2.47. The Morgan fingerprint density at radius 1 is 1.08 bits per heavy atom. The van der Waals surface area contributed by atoms with Gasteiger partial charge in [0.25, 0.3) is 0 Å². The molecule has 1 aliphatic rings. The lowest BCUT2D eigenvalue weighted by Gasteiger charge is -1.98. The van der Waals surface area contributed by atoms with Crippen LogP contribution in [-0.2, 0) is 0 Å². The molecule has 1 heteroatoms. The molecule has 0 atom stereocenters. The van der Waals surface area contributed by atoms with E-state index in [-0.39, 0.29) is 0 Å². The van der Waals surface area contributed by atoms with Crippen LogP contribution in [0.15, 0.2) is 53.6 Å². The smallest absolute Gasteiger partial charge is 0.0573 e. The molecule has 1 nitrogen and oxygen atoms in total. The summed E-state index contributed by atoms with van der Waals surface area (Å²) in [7, 11) is 0. The highest BCUT2D eigenvalue weighted by Gasteiger charge is 1.95. The predicted molar refractivity (Wildman–Crippen MR) is 56.9 cm³/mol. The Labute approximate surface area is 78.1 Å². The van der Waals surface area contributed by atoms with E-state index in [1.165, 1.54) is 11.1 Å². The van der Waals surface area contributed by atoms with Gasteiger partial charge in [0.2, 0.25) is 0 Å². The van der Waals surface area contributed by atoms with E-state index in [2.05, 4.69) is 29.3 Å². The van der Waals surface area contributed by atoms with E-state index < -0.39 is 0 Å². The minimum absolute atomic E-state index is 0.785. The molecule has 0 saturated heterocycles. The lowest BCUT2D eigenvalue weighted by atomic mass is 10.1. The highest BCUT2D eigenvalue weighted by atomic mass is 14.7. The van der Waals surface area contributed by atoms with Crippen molar-refractivity contribution in [3.63, 3.8) is 0 Å². The van der Waals surface area contributed by atoms with Crippen molar-refractivity contribution in [1.29, 1.82) is 0 Å². The molecule has 0 fully saturated rings. The van der Waals surface area contributed by atoms with Crippen LogP contribution in [-0.4, -0.2) is 12.8 Å². The maximum absolute atomic E-state index is 4.16. The van der Waals surface area contributed by atoms with Crippen LogP contribution in [0.5, 0.6) is 0 Å². The maximum atomic E-state index is 4.16. The second-order valence-electron chi connectivity index (χ2n) is 2.90. The molecule has 64 valence electrons. The quantitative estimate of drug-likeness (QED) is 0.613. The van der Waals surface area contributed by atoms with E-state index in [0.29, 0.717) is 0 Å². The third kappa shape index (κ3) is 1.94. The molecular weight excluding hydrogens is 158 g/mol. The minimum atomic E-state index is 0.785. The molecule has 0 N–H and O–H groups in total. The SMILES string of the molecule is C1=CC(c2ccccc2)=CC=NC1. The van der Waals surface area contributed by atoms with Gasteiger partial charge in [-0.05, 0) is 17.2 Å². The van der Waals surface area contributed by atoms with Crippen LogP contribution in [0.4, 0.5) is 0 Å². The Morgan fingerprint density at radius 2 is 1.92 bits per heavy atom. The topological polar surface area (TPSA) is 12.4 Å². The van der Waals surface area contributed by atoms with Crippen LogP contribution in [0.3, 0.4) is 0 Å². The van der Waals surface area contributed by atoms with Crippen molar-refractivity contribution >= 4 is 11.8 Å². The summed E-state index contributed by atoms with van der Waals surface area (Å²) in [5.74, 6) is 0.